The van der Waals surface area contributed by atoms with Crippen molar-refractivity contribution >= 4 is 24.7 Å². The van der Waals surface area contributed by atoms with Crippen LogP contribution in [0.5, 0.6) is 0 Å². The van der Waals surface area contributed by atoms with E-state index in [1.807, 2.05) is 18.2 Å². The van der Waals surface area contributed by atoms with Crippen LogP contribution >= 0.6 is 12.6 Å². The molecular weight excluding hydrogens is 172 g/mol. The molecule has 0 bridgehead atoms. The van der Waals surface area contributed by atoms with E-state index in [1.165, 1.54) is 6.08 Å². The number of hydrogen-bond donors (Lipinski definition) is 2. The fraction of sp³-hybridized carbons (Fsp3) is 0. The second-order valence-corrected chi connectivity index (χ2v) is 2.78. The molecule has 62 valence electrons. The summed E-state index contributed by atoms with van der Waals surface area (Å²) in [5.74, 6) is -0.945. The number of benzene rings is 1. The molecule has 0 amide bonds. The Kier molecular flexibility index (Phi) is 2.94. The van der Waals surface area contributed by atoms with Crippen LogP contribution in [0.25, 0.3) is 6.08 Å². The Labute approximate surface area is 75.9 Å². The van der Waals surface area contributed by atoms with Gasteiger partial charge in [0.2, 0.25) is 0 Å². The van der Waals surface area contributed by atoms with Gasteiger partial charge in [0.25, 0.3) is 0 Å². The van der Waals surface area contributed by atoms with Crippen molar-refractivity contribution in [3.63, 3.8) is 0 Å². The first-order valence-corrected chi connectivity index (χ1v) is 3.83. The summed E-state index contributed by atoms with van der Waals surface area (Å²) in [4.78, 5) is 11.0. The maximum atomic E-state index is 10.2. The zero-order valence-electron chi connectivity index (χ0n) is 6.27. The number of thiol groups is 1. The van der Waals surface area contributed by atoms with Crippen LogP contribution in [0.1, 0.15) is 5.56 Å². The Morgan fingerprint density at radius 3 is 2.83 bits per heavy atom. The summed E-state index contributed by atoms with van der Waals surface area (Å²) < 4.78 is 0. The Bertz CT molecular complexity index is 318. The van der Waals surface area contributed by atoms with Gasteiger partial charge in [-0.05, 0) is 23.8 Å². The van der Waals surface area contributed by atoms with E-state index < -0.39 is 5.97 Å². The Balaban J connectivity index is 2.83. The van der Waals surface area contributed by atoms with Gasteiger partial charge in [-0.15, -0.1) is 12.6 Å². The molecule has 0 unspecified atom stereocenters. The smallest absolute Gasteiger partial charge is 0.328 e. The minimum absolute atomic E-state index is 0.822. The largest absolute Gasteiger partial charge is 0.478 e. The molecule has 0 aliphatic carbocycles. The molecule has 0 aromatic heterocycles. The van der Waals surface area contributed by atoms with E-state index in [9.17, 15) is 4.79 Å². The van der Waals surface area contributed by atoms with Crippen LogP contribution < -0.4 is 0 Å². The van der Waals surface area contributed by atoms with Gasteiger partial charge in [0.05, 0.1) is 0 Å². The first-order valence-electron chi connectivity index (χ1n) is 3.38. The minimum atomic E-state index is -0.945. The van der Waals surface area contributed by atoms with Gasteiger partial charge in [-0.3, -0.25) is 0 Å². The van der Waals surface area contributed by atoms with Crippen molar-refractivity contribution in [2.75, 3.05) is 0 Å². The molecule has 0 spiro atoms. The topological polar surface area (TPSA) is 37.3 Å². The zero-order valence-corrected chi connectivity index (χ0v) is 7.16. The molecule has 0 aliphatic rings. The van der Waals surface area contributed by atoms with Crippen LogP contribution in [0.4, 0.5) is 0 Å². The number of aliphatic carboxylic acids is 1. The minimum Gasteiger partial charge on any atom is -0.478 e. The van der Waals surface area contributed by atoms with E-state index in [4.69, 9.17) is 5.11 Å². The molecular formula is C9H8O2S. The number of hydrogen-bond acceptors (Lipinski definition) is 2. The molecule has 1 N–H and O–H groups in total. The van der Waals surface area contributed by atoms with E-state index >= 15 is 0 Å². The van der Waals surface area contributed by atoms with Gasteiger partial charge in [0, 0.05) is 11.0 Å². The lowest BCUT2D eigenvalue weighted by Crippen LogP contribution is -1.85. The third kappa shape index (κ3) is 2.80. The number of carboxylic acid groups (broad SMARTS) is 1. The van der Waals surface area contributed by atoms with Crippen molar-refractivity contribution < 1.29 is 9.90 Å². The molecule has 0 heterocycles. The average molecular weight is 180 g/mol. The Hall–Kier alpha value is -1.22. The van der Waals surface area contributed by atoms with Crippen LogP contribution in [0.2, 0.25) is 0 Å². The molecule has 0 atom stereocenters. The maximum Gasteiger partial charge on any atom is 0.328 e. The zero-order chi connectivity index (χ0) is 8.97. The highest BCUT2D eigenvalue weighted by Gasteiger charge is 1.89. The highest BCUT2D eigenvalue weighted by atomic mass is 32.1. The van der Waals surface area contributed by atoms with E-state index in [0.717, 1.165) is 16.5 Å². The Morgan fingerprint density at radius 1 is 1.50 bits per heavy atom. The lowest BCUT2D eigenvalue weighted by molar-refractivity contribution is -0.131. The van der Waals surface area contributed by atoms with E-state index in [0.29, 0.717) is 0 Å². The molecule has 0 saturated carbocycles. The molecule has 1 aromatic rings. The lowest BCUT2D eigenvalue weighted by Gasteiger charge is -1.92. The highest BCUT2D eigenvalue weighted by molar-refractivity contribution is 7.80. The van der Waals surface area contributed by atoms with Crippen molar-refractivity contribution in [3.8, 4) is 0 Å². The molecule has 0 radical (unpaired) electrons. The third-order valence-corrected chi connectivity index (χ3v) is 1.57. The maximum absolute atomic E-state index is 10.2. The van der Waals surface area contributed by atoms with Gasteiger partial charge >= 0.3 is 5.97 Å². The van der Waals surface area contributed by atoms with Crippen LogP contribution in [-0.4, -0.2) is 11.1 Å². The van der Waals surface area contributed by atoms with Gasteiger partial charge in [0.15, 0.2) is 0 Å². The summed E-state index contributed by atoms with van der Waals surface area (Å²) in [5, 5.41) is 8.34. The number of carboxylic acids is 1. The van der Waals surface area contributed by atoms with Crippen molar-refractivity contribution in [3.05, 3.63) is 35.9 Å². The van der Waals surface area contributed by atoms with Gasteiger partial charge < -0.3 is 5.11 Å². The van der Waals surface area contributed by atoms with Crippen molar-refractivity contribution in [1.82, 2.24) is 0 Å². The van der Waals surface area contributed by atoms with E-state index in [1.54, 1.807) is 6.07 Å². The molecule has 12 heavy (non-hydrogen) atoms. The average Bonchev–Trinajstić information content (AvgIpc) is 2.01. The first-order chi connectivity index (χ1) is 5.68. The quantitative estimate of drug-likeness (QED) is 0.540. The summed E-state index contributed by atoms with van der Waals surface area (Å²) in [5.41, 5.74) is 0.838. The fourth-order valence-corrected chi connectivity index (χ4v) is 1.03. The van der Waals surface area contributed by atoms with Gasteiger partial charge in [-0.1, -0.05) is 12.1 Å². The molecule has 0 aliphatic heterocycles. The third-order valence-electron chi connectivity index (χ3n) is 1.29. The van der Waals surface area contributed by atoms with Gasteiger partial charge in [-0.25, -0.2) is 4.79 Å². The lowest BCUT2D eigenvalue weighted by atomic mass is 10.2. The van der Waals surface area contributed by atoms with Crippen LogP contribution in [0.3, 0.4) is 0 Å². The number of carbonyl (C=O) groups is 1. The summed E-state index contributed by atoms with van der Waals surface area (Å²) in [6.07, 6.45) is 2.63. The normalized spacial score (nSPS) is 10.4. The van der Waals surface area contributed by atoms with Crippen molar-refractivity contribution in [2.45, 2.75) is 4.90 Å². The fourth-order valence-electron chi connectivity index (χ4n) is 0.796. The van der Waals surface area contributed by atoms with E-state index in [-0.39, 0.29) is 0 Å². The molecule has 3 heteroatoms. The summed E-state index contributed by atoms with van der Waals surface area (Å²) >= 11 is 4.12. The summed E-state index contributed by atoms with van der Waals surface area (Å²) in [6.45, 7) is 0. The predicted molar refractivity (Wildman–Crippen MR) is 50.4 cm³/mol. The van der Waals surface area contributed by atoms with Crippen molar-refractivity contribution in [1.29, 1.82) is 0 Å². The van der Waals surface area contributed by atoms with Crippen molar-refractivity contribution in [2.24, 2.45) is 0 Å². The molecule has 1 rings (SSSR count). The van der Waals surface area contributed by atoms with Crippen LogP contribution in [0.15, 0.2) is 35.2 Å². The first kappa shape index (κ1) is 8.87. The SMILES string of the molecule is O=C(O)/C=C/c1cccc(S)c1. The number of rotatable bonds is 2. The van der Waals surface area contributed by atoms with Crippen LogP contribution in [-0.2, 0) is 4.79 Å². The standard InChI is InChI=1S/C9H8O2S/c10-9(11)5-4-7-2-1-3-8(12)6-7/h1-6,12H,(H,10,11)/b5-4+. The van der Waals surface area contributed by atoms with Gasteiger partial charge in [0.1, 0.15) is 0 Å². The summed E-state index contributed by atoms with van der Waals surface area (Å²) in [6, 6.07) is 7.27. The molecule has 2 nitrogen and oxygen atoms in total. The molecule has 0 fully saturated rings. The highest BCUT2D eigenvalue weighted by Crippen LogP contribution is 2.09. The Morgan fingerprint density at radius 2 is 2.25 bits per heavy atom. The molecule has 0 saturated heterocycles. The van der Waals surface area contributed by atoms with E-state index in [2.05, 4.69) is 12.6 Å². The second kappa shape index (κ2) is 3.97. The van der Waals surface area contributed by atoms with Crippen LogP contribution in [0, 0.1) is 0 Å². The monoisotopic (exact) mass is 180 g/mol. The van der Waals surface area contributed by atoms with Gasteiger partial charge in [-0.2, -0.15) is 0 Å². The molecule has 1 aromatic carbocycles. The predicted octanol–water partition coefficient (Wildman–Crippen LogP) is 2.07. The summed E-state index contributed by atoms with van der Waals surface area (Å²) in [7, 11) is 0. The second-order valence-electron chi connectivity index (χ2n) is 2.27.